The molecule has 0 amide bonds. The summed E-state index contributed by atoms with van der Waals surface area (Å²) in [4.78, 5) is 14.2. The lowest BCUT2D eigenvalue weighted by Gasteiger charge is -2.28. The Hall–Kier alpha value is -2.55. The van der Waals surface area contributed by atoms with Crippen LogP contribution in [0.5, 0.6) is 5.75 Å². The first kappa shape index (κ1) is 10.4. The molecule has 1 aromatic carbocycles. The fourth-order valence-electron chi connectivity index (χ4n) is 2.72. The summed E-state index contributed by atoms with van der Waals surface area (Å²) in [6, 6.07) is 11.4. The lowest BCUT2D eigenvalue weighted by molar-refractivity contribution is 0.465. The number of aromatic amines is 1. The van der Waals surface area contributed by atoms with Gasteiger partial charge in [0.25, 0.3) is 0 Å². The van der Waals surface area contributed by atoms with Gasteiger partial charge >= 0.3 is 0 Å². The number of fused-ring (bicyclic) bond motifs is 5. The SMILES string of the molecule is O=c1ccc2c([nH]1)C=CC1C2=COc2ccccc21. The first-order valence-corrected chi connectivity index (χ1v) is 6.20. The van der Waals surface area contributed by atoms with Crippen LogP contribution in [0.2, 0.25) is 0 Å². The van der Waals surface area contributed by atoms with Gasteiger partial charge in [0.2, 0.25) is 5.56 Å². The molecule has 0 saturated carbocycles. The van der Waals surface area contributed by atoms with Crippen molar-refractivity contribution in [3.8, 4) is 5.75 Å². The zero-order valence-corrected chi connectivity index (χ0v) is 10.1. The number of hydrogen-bond acceptors (Lipinski definition) is 2. The van der Waals surface area contributed by atoms with Crippen LogP contribution in [0.15, 0.2) is 53.5 Å². The highest BCUT2D eigenvalue weighted by molar-refractivity contribution is 5.84. The maximum Gasteiger partial charge on any atom is 0.248 e. The van der Waals surface area contributed by atoms with E-state index in [0.717, 1.165) is 28.1 Å². The van der Waals surface area contributed by atoms with Gasteiger partial charge in [0, 0.05) is 34.4 Å². The Morgan fingerprint density at radius 3 is 2.95 bits per heavy atom. The Kier molecular flexibility index (Phi) is 2.03. The van der Waals surface area contributed by atoms with Crippen LogP contribution in [0, 0.1) is 0 Å². The monoisotopic (exact) mass is 249 g/mol. The number of rotatable bonds is 0. The number of ether oxygens (including phenoxy) is 1. The van der Waals surface area contributed by atoms with Crippen LogP contribution in [0.25, 0.3) is 11.6 Å². The fourth-order valence-corrected chi connectivity index (χ4v) is 2.72. The Bertz CT molecular complexity index is 783. The Morgan fingerprint density at radius 2 is 2.00 bits per heavy atom. The molecule has 0 spiro atoms. The van der Waals surface area contributed by atoms with Gasteiger partial charge in [-0.25, -0.2) is 0 Å². The van der Waals surface area contributed by atoms with Gasteiger partial charge in [-0.3, -0.25) is 4.79 Å². The van der Waals surface area contributed by atoms with Gasteiger partial charge in [0.1, 0.15) is 5.75 Å². The van der Waals surface area contributed by atoms with E-state index in [1.807, 2.05) is 30.3 Å². The van der Waals surface area contributed by atoms with Crippen LogP contribution in [0.1, 0.15) is 22.7 Å². The quantitative estimate of drug-likeness (QED) is 0.780. The number of para-hydroxylation sites is 1. The van der Waals surface area contributed by atoms with Crippen molar-refractivity contribution >= 4 is 11.6 Å². The molecule has 1 N–H and O–H groups in total. The molecule has 1 atom stereocenters. The lowest BCUT2D eigenvalue weighted by Crippen LogP contribution is -2.15. The Balaban J connectivity index is 1.93. The van der Waals surface area contributed by atoms with E-state index >= 15 is 0 Å². The molecule has 1 unspecified atom stereocenters. The summed E-state index contributed by atoms with van der Waals surface area (Å²) in [6.07, 6.45) is 5.86. The van der Waals surface area contributed by atoms with Crippen LogP contribution in [0.3, 0.4) is 0 Å². The summed E-state index contributed by atoms with van der Waals surface area (Å²) in [5.41, 5.74) is 4.04. The van der Waals surface area contributed by atoms with Crippen LogP contribution in [-0.2, 0) is 0 Å². The second-order valence-corrected chi connectivity index (χ2v) is 4.72. The third-order valence-corrected chi connectivity index (χ3v) is 3.62. The van der Waals surface area contributed by atoms with Crippen molar-refractivity contribution in [2.24, 2.45) is 0 Å². The van der Waals surface area contributed by atoms with Gasteiger partial charge in [-0.15, -0.1) is 0 Å². The molecule has 2 aliphatic rings. The van der Waals surface area contributed by atoms with Gasteiger partial charge < -0.3 is 9.72 Å². The van der Waals surface area contributed by atoms with Crippen molar-refractivity contribution in [2.75, 3.05) is 0 Å². The first-order chi connectivity index (χ1) is 9.33. The maximum atomic E-state index is 11.4. The second-order valence-electron chi connectivity index (χ2n) is 4.72. The maximum absolute atomic E-state index is 11.4. The van der Waals surface area contributed by atoms with Gasteiger partial charge in [-0.2, -0.15) is 0 Å². The standard InChI is InChI=1S/C16H11NO2/c18-16-8-6-11-13-9-19-15-4-2-1-3-12(15)10(13)5-7-14(11)17-16/h1-10H,(H,17,18). The van der Waals surface area contributed by atoms with Crippen molar-refractivity contribution in [1.29, 1.82) is 0 Å². The van der Waals surface area contributed by atoms with Crippen LogP contribution < -0.4 is 10.3 Å². The van der Waals surface area contributed by atoms with Crippen molar-refractivity contribution in [1.82, 2.24) is 4.98 Å². The first-order valence-electron chi connectivity index (χ1n) is 6.20. The van der Waals surface area contributed by atoms with E-state index in [2.05, 4.69) is 17.1 Å². The summed E-state index contributed by atoms with van der Waals surface area (Å²) in [7, 11) is 0. The highest BCUT2D eigenvalue weighted by atomic mass is 16.5. The van der Waals surface area contributed by atoms with E-state index in [1.165, 1.54) is 0 Å². The molecule has 2 aromatic rings. The van der Waals surface area contributed by atoms with Crippen molar-refractivity contribution < 1.29 is 4.74 Å². The molecular weight excluding hydrogens is 238 g/mol. The number of H-pyrrole nitrogens is 1. The smallest absolute Gasteiger partial charge is 0.248 e. The summed E-state index contributed by atoms with van der Waals surface area (Å²) < 4.78 is 5.69. The molecule has 2 heterocycles. The van der Waals surface area contributed by atoms with Gasteiger partial charge in [0.05, 0.1) is 6.26 Å². The largest absolute Gasteiger partial charge is 0.464 e. The molecule has 0 saturated heterocycles. The molecule has 0 fully saturated rings. The number of hydrogen-bond donors (Lipinski definition) is 1. The average Bonchev–Trinajstić information content (AvgIpc) is 2.46. The summed E-state index contributed by atoms with van der Waals surface area (Å²) in [5, 5.41) is 0. The number of benzene rings is 1. The number of aromatic nitrogens is 1. The highest BCUT2D eigenvalue weighted by Gasteiger charge is 2.27. The van der Waals surface area contributed by atoms with Crippen molar-refractivity contribution in [3.05, 3.63) is 75.9 Å². The molecule has 92 valence electrons. The molecule has 1 aliphatic heterocycles. The average molecular weight is 249 g/mol. The van der Waals surface area contributed by atoms with E-state index in [4.69, 9.17) is 4.74 Å². The van der Waals surface area contributed by atoms with E-state index in [1.54, 1.807) is 12.3 Å². The normalized spacial score (nSPS) is 18.7. The number of nitrogens with one attached hydrogen (secondary N) is 1. The number of pyridine rings is 1. The molecule has 0 bridgehead atoms. The summed E-state index contributed by atoms with van der Waals surface area (Å²) in [6.45, 7) is 0. The zero-order valence-electron chi connectivity index (χ0n) is 10.1. The minimum Gasteiger partial charge on any atom is -0.464 e. The molecule has 19 heavy (non-hydrogen) atoms. The lowest BCUT2D eigenvalue weighted by atomic mass is 9.81. The van der Waals surface area contributed by atoms with Crippen LogP contribution in [0.4, 0.5) is 0 Å². The minimum absolute atomic E-state index is 0.0837. The van der Waals surface area contributed by atoms with Gasteiger partial charge in [0.15, 0.2) is 0 Å². The summed E-state index contributed by atoms with van der Waals surface area (Å²) in [5.74, 6) is 1.09. The topological polar surface area (TPSA) is 42.1 Å². The van der Waals surface area contributed by atoms with Crippen molar-refractivity contribution in [2.45, 2.75) is 5.92 Å². The molecular formula is C16H11NO2. The third kappa shape index (κ3) is 1.48. The van der Waals surface area contributed by atoms with Crippen LogP contribution >= 0.6 is 0 Å². The molecule has 1 aromatic heterocycles. The van der Waals surface area contributed by atoms with E-state index < -0.39 is 0 Å². The minimum atomic E-state index is -0.0837. The zero-order chi connectivity index (χ0) is 12.8. The Morgan fingerprint density at radius 1 is 1.11 bits per heavy atom. The molecule has 4 rings (SSSR count). The molecule has 3 nitrogen and oxygen atoms in total. The Labute approximate surface area is 109 Å². The highest BCUT2D eigenvalue weighted by Crippen LogP contribution is 2.44. The van der Waals surface area contributed by atoms with Gasteiger partial charge in [-0.1, -0.05) is 24.3 Å². The van der Waals surface area contributed by atoms with E-state index in [-0.39, 0.29) is 11.5 Å². The van der Waals surface area contributed by atoms with Crippen LogP contribution in [-0.4, -0.2) is 4.98 Å². The van der Waals surface area contributed by atoms with Crippen molar-refractivity contribution in [3.63, 3.8) is 0 Å². The fraction of sp³-hybridized carbons (Fsp3) is 0.0625. The van der Waals surface area contributed by atoms with Gasteiger partial charge in [-0.05, 0) is 18.2 Å². The van der Waals surface area contributed by atoms with E-state index in [0.29, 0.717) is 0 Å². The predicted molar refractivity (Wildman–Crippen MR) is 73.9 cm³/mol. The molecule has 1 aliphatic carbocycles. The second kappa shape index (κ2) is 3.72. The predicted octanol–water partition coefficient (Wildman–Crippen LogP) is 2.92. The number of allylic oxidation sites excluding steroid dienone is 2. The molecule has 0 radical (unpaired) electrons. The third-order valence-electron chi connectivity index (χ3n) is 3.62. The molecule has 3 heteroatoms. The van der Waals surface area contributed by atoms with E-state index in [9.17, 15) is 4.79 Å². The summed E-state index contributed by atoms with van der Waals surface area (Å²) >= 11 is 0.